The largest absolute Gasteiger partial charge is 0.324 e. The van der Waals surface area contributed by atoms with Crippen LogP contribution in [0, 0.1) is 26.7 Å². The Balaban J connectivity index is 2.13. The summed E-state index contributed by atoms with van der Waals surface area (Å²) < 4.78 is 1.88. The normalized spacial score (nSPS) is 11.1. The van der Waals surface area contributed by atoms with Gasteiger partial charge >= 0.3 is 6.03 Å². The van der Waals surface area contributed by atoms with Crippen molar-refractivity contribution in [3.05, 3.63) is 22.1 Å². The minimum absolute atomic E-state index is 0.250. The van der Waals surface area contributed by atoms with Crippen LogP contribution in [-0.4, -0.2) is 20.8 Å². The van der Waals surface area contributed by atoms with Gasteiger partial charge in [-0.2, -0.15) is 5.10 Å². The van der Waals surface area contributed by atoms with Crippen LogP contribution in [0.5, 0.6) is 0 Å². The number of carbonyl (C=O) groups is 1. The molecule has 2 amide bonds. The summed E-state index contributed by atoms with van der Waals surface area (Å²) in [4.78, 5) is 16.9. The van der Waals surface area contributed by atoms with Crippen molar-refractivity contribution in [2.24, 2.45) is 5.92 Å². The van der Waals surface area contributed by atoms with E-state index in [0.29, 0.717) is 5.92 Å². The number of aryl methyl sites for hydroxylation is 3. The van der Waals surface area contributed by atoms with E-state index in [1.54, 1.807) is 0 Å². The smallest absolute Gasteiger partial charge is 0.304 e. The fourth-order valence-electron chi connectivity index (χ4n) is 2.53. The van der Waals surface area contributed by atoms with Gasteiger partial charge in [-0.3, -0.25) is 10.00 Å². The molecule has 0 spiro atoms. The molecule has 0 aliphatic carbocycles. The van der Waals surface area contributed by atoms with Gasteiger partial charge in [0, 0.05) is 6.54 Å². The lowest BCUT2D eigenvalue weighted by Gasteiger charge is -2.09. The Hall–Kier alpha value is -1.89. The number of aromatic nitrogens is 3. The Bertz CT molecular complexity index is 702. The zero-order valence-corrected chi connectivity index (χ0v) is 15.5. The molecule has 2 rings (SSSR count). The highest BCUT2D eigenvalue weighted by Crippen LogP contribution is 2.27. The summed E-state index contributed by atoms with van der Waals surface area (Å²) in [5.41, 5.74) is 3.51. The number of hydrogen-bond donors (Lipinski definition) is 2. The maximum absolute atomic E-state index is 12.4. The molecule has 0 unspecified atom stereocenters. The van der Waals surface area contributed by atoms with E-state index in [-0.39, 0.29) is 6.03 Å². The van der Waals surface area contributed by atoms with Gasteiger partial charge in [0.25, 0.3) is 0 Å². The second-order valence-corrected chi connectivity index (χ2v) is 7.25. The van der Waals surface area contributed by atoms with E-state index in [9.17, 15) is 4.79 Å². The number of nitrogens with zero attached hydrogens (tertiary/aromatic N) is 3. The van der Waals surface area contributed by atoms with E-state index in [2.05, 4.69) is 34.6 Å². The Labute approximate surface area is 141 Å². The number of thiazole rings is 1. The Morgan fingerprint density at radius 1 is 1.26 bits per heavy atom. The van der Waals surface area contributed by atoms with Crippen molar-refractivity contribution < 1.29 is 4.79 Å². The van der Waals surface area contributed by atoms with Gasteiger partial charge in [0.15, 0.2) is 0 Å². The third-order valence-electron chi connectivity index (χ3n) is 3.55. The Morgan fingerprint density at radius 3 is 2.52 bits per heavy atom. The first-order valence-corrected chi connectivity index (χ1v) is 8.71. The van der Waals surface area contributed by atoms with Crippen LogP contribution in [0.3, 0.4) is 0 Å². The van der Waals surface area contributed by atoms with Gasteiger partial charge in [0.1, 0.15) is 5.00 Å². The topological polar surface area (TPSA) is 71.8 Å². The van der Waals surface area contributed by atoms with Crippen molar-refractivity contribution in [1.82, 2.24) is 14.8 Å². The lowest BCUT2D eigenvalue weighted by atomic mass is 10.1. The first kappa shape index (κ1) is 17.5. The van der Waals surface area contributed by atoms with Gasteiger partial charge in [-0.05, 0) is 40.0 Å². The first-order valence-electron chi connectivity index (χ1n) is 7.90. The zero-order chi connectivity index (χ0) is 17.1. The Kier molecular flexibility index (Phi) is 5.41. The molecule has 6 nitrogen and oxygen atoms in total. The van der Waals surface area contributed by atoms with E-state index < -0.39 is 0 Å². The van der Waals surface area contributed by atoms with E-state index in [1.807, 2.05) is 32.4 Å². The van der Waals surface area contributed by atoms with Gasteiger partial charge in [0.05, 0.1) is 27.8 Å². The van der Waals surface area contributed by atoms with Crippen molar-refractivity contribution in [2.75, 3.05) is 10.6 Å². The fraction of sp³-hybridized carbons (Fsp3) is 0.562. The van der Waals surface area contributed by atoms with Gasteiger partial charge in [0.2, 0.25) is 0 Å². The van der Waals surface area contributed by atoms with Crippen molar-refractivity contribution in [1.29, 1.82) is 0 Å². The molecular formula is C16H25N5OS. The third kappa shape index (κ3) is 4.10. The standard InChI is InChI=1S/C16H25N5OS/c1-7-21-11(5)14(10(4)20-21)18-16(22)19-15-13(8-9(2)3)17-12(6)23-15/h9H,7-8H2,1-6H3,(H2,18,19,22). The highest BCUT2D eigenvalue weighted by atomic mass is 32.1. The number of nitrogens with one attached hydrogen (secondary N) is 2. The van der Waals surface area contributed by atoms with Crippen LogP contribution in [0.2, 0.25) is 0 Å². The summed E-state index contributed by atoms with van der Waals surface area (Å²) in [5, 5.41) is 12.1. The number of urea groups is 1. The summed E-state index contributed by atoms with van der Waals surface area (Å²) in [5.74, 6) is 0.493. The van der Waals surface area contributed by atoms with Crippen molar-refractivity contribution in [2.45, 2.75) is 54.5 Å². The molecule has 2 N–H and O–H groups in total. The molecule has 7 heteroatoms. The average Bonchev–Trinajstić information content (AvgIpc) is 2.92. The van der Waals surface area contributed by atoms with E-state index in [1.165, 1.54) is 11.3 Å². The van der Waals surface area contributed by atoms with Crippen LogP contribution >= 0.6 is 11.3 Å². The number of amides is 2. The molecule has 0 saturated carbocycles. The van der Waals surface area contributed by atoms with E-state index in [4.69, 9.17) is 0 Å². The number of carbonyl (C=O) groups excluding carboxylic acids is 1. The molecule has 0 aromatic carbocycles. The lowest BCUT2D eigenvalue weighted by Crippen LogP contribution is -2.20. The third-order valence-corrected chi connectivity index (χ3v) is 4.48. The van der Waals surface area contributed by atoms with Gasteiger partial charge in [-0.25, -0.2) is 9.78 Å². The quantitative estimate of drug-likeness (QED) is 0.863. The minimum atomic E-state index is -0.250. The second kappa shape index (κ2) is 7.12. The molecule has 0 aliphatic heterocycles. The van der Waals surface area contributed by atoms with Crippen LogP contribution in [0.1, 0.15) is 42.9 Å². The van der Waals surface area contributed by atoms with Gasteiger partial charge in [-0.15, -0.1) is 11.3 Å². The molecule has 0 saturated heterocycles. The molecule has 0 fully saturated rings. The summed E-state index contributed by atoms with van der Waals surface area (Å²) in [6, 6.07) is -0.250. The fourth-order valence-corrected chi connectivity index (χ4v) is 3.37. The molecule has 2 aromatic heterocycles. The molecule has 23 heavy (non-hydrogen) atoms. The van der Waals surface area contributed by atoms with E-state index >= 15 is 0 Å². The summed E-state index contributed by atoms with van der Waals surface area (Å²) in [6.45, 7) is 12.9. The van der Waals surface area contributed by atoms with Crippen LogP contribution in [0.15, 0.2) is 0 Å². The average molecular weight is 335 g/mol. The second-order valence-electron chi connectivity index (χ2n) is 6.05. The van der Waals surface area contributed by atoms with Crippen molar-refractivity contribution in [3.63, 3.8) is 0 Å². The minimum Gasteiger partial charge on any atom is -0.304 e. The SMILES string of the molecule is CCn1nc(C)c(NC(=O)Nc2sc(C)nc2CC(C)C)c1C. The van der Waals surface area contributed by atoms with Gasteiger partial charge in [-0.1, -0.05) is 13.8 Å². The lowest BCUT2D eigenvalue weighted by molar-refractivity contribution is 0.262. The number of hydrogen-bond acceptors (Lipinski definition) is 4. The van der Waals surface area contributed by atoms with Crippen molar-refractivity contribution >= 4 is 28.1 Å². The molecule has 0 aliphatic rings. The highest BCUT2D eigenvalue weighted by molar-refractivity contribution is 7.16. The highest BCUT2D eigenvalue weighted by Gasteiger charge is 2.16. The summed E-state index contributed by atoms with van der Waals surface area (Å²) in [7, 11) is 0. The zero-order valence-electron chi connectivity index (χ0n) is 14.6. The molecule has 0 bridgehead atoms. The molecular weight excluding hydrogens is 310 g/mol. The predicted octanol–water partition coefficient (Wildman–Crippen LogP) is 4.13. The monoisotopic (exact) mass is 335 g/mol. The van der Waals surface area contributed by atoms with E-state index in [0.717, 1.165) is 45.7 Å². The number of rotatable bonds is 5. The van der Waals surface area contributed by atoms with Gasteiger partial charge < -0.3 is 5.32 Å². The van der Waals surface area contributed by atoms with Crippen LogP contribution < -0.4 is 10.6 Å². The maximum atomic E-state index is 12.4. The molecule has 126 valence electrons. The Morgan fingerprint density at radius 2 is 1.96 bits per heavy atom. The summed E-state index contributed by atoms with van der Waals surface area (Å²) in [6.07, 6.45) is 0.853. The molecule has 2 heterocycles. The maximum Gasteiger partial charge on any atom is 0.324 e. The van der Waals surface area contributed by atoms with Crippen LogP contribution in [-0.2, 0) is 13.0 Å². The number of anilines is 2. The summed E-state index contributed by atoms with van der Waals surface area (Å²) >= 11 is 1.51. The molecule has 0 radical (unpaired) electrons. The predicted molar refractivity (Wildman–Crippen MR) is 95.4 cm³/mol. The molecule has 2 aromatic rings. The van der Waals surface area contributed by atoms with Crippen LogP contribution in [0.4, 0.5) is 15.5 Å². The molecule has 0 atom stereocenters. The first-order chi connectivity index (χ1) is 10.8. The van der Waals surface area contributed by atoms with Crippen molar-refractivity contribution in [3.8, 4) is 0 Å². The van der Waals surface area contributed by atoms with Crippen LogP contribution in [0.25, 0.3) is 0 Å².